The van der Waals surface area contributed by atoms with Crippen LogP contribution in [0.1, 0.15) is 45.4 Å². The molecule has 0 radical (unpaired) electrons. The summed E-state index contributed by atoms with van der Waals surface area (Å²) in [5.74, 6) is 3.04. The van der Waals surface area contributed by atoms with E-state index < -0.39 is 0 Å². The van der Waals surface area contributed by atoms with Crippen LogP contribution in [0.15, 0.2) is 4.99 Å². The van der Waals surface area contributed by atoms with Gasteiger partial charge in [0.2, 0.25) is 0 Å². The molecule has 21 heavy (non-hydrogen) atoms. The van der Waals surface area contributed by atoms with E-state index in [2.05, 4.69) is 16.8 Å². The number of ether oxygens (including phenoxy) is 1. The van der Waals surface area contributed by atoms with Crippen molar-refractivity contribution < 1.29 is 4.74 Å². The number of nitrogens with zero attached hydrogens (tertiary/aromatic N) is 2. The summed E-state index contributed by atoms with van der Waals surface area (Å²) in [6, 6.07) is 0. The molecule has 1 heterocycles. The second-order valence-electron chi connectivity index (χ2n) is 5.87. The largest absolute Gasteiger partial charge is 0.373 e. The van der Waals surface area contributed by atoms with Crippen LogP contribution in [-0.4, -0.2) is 54.2 Å². The minimum atomic E-state index is -0.0383. The summed E-state index contributed by atoms with van der Waals surface area (Å²) in [6.07, 6.45) is 7.21. The zero-order valence-electron chi connectivity index (χ0n) is 13.2. The summed E-state index contributed by atoms with van der Waals surface area (Å²) >= 11 is 2.00. The van der Waals surface area contributed by atoms with Crippen molar-refractivity contribution in [3.05, 3.63) is 0 Å². The average Bonchev–Trinajstić information content (AvgIpc) is 2.52. The first-order valence-corrected chi connectivity index (χ1v) is 9.18. The standard InChI is InChI=1S/C15H29N3OS.HI/c1-2-10-19-15(6-4-3-5-7-15)13-17-14(16)18-8-11-20-12-9-18;/h2-13H2,1H3,(H2,16,17);1H. The Balaban J connectivity index is 0.00000220. The van der Waals surface area contributed by atoms with Crippen LogP contribution in [0.4, 0.5) is 0 Å². The maximum Gasteiger partial charge on any atom is 0.191 e. The predicted octanol–water partition coefficient (Wildman–Crippen LogP) is 3.10. The molecule has 0 amide bonds. The lowest BCUT2D eigenvalue weighted by atomic mass is 9.84. The molecule has 2 N–H and O–H groups in total. The first-order chi connectivity index (χ1) is 9.76. The van der Waals surface area contributed by atoms with E-state index in [1.54, 1.807) is 0 Å². The van der Waals surface area contributed by atoms with Crippen LogP contribution in [0.2, 0.25) is 0 Å². The second-order valence-corrected chi connectivity index (χ2v) is 7.09. The second kappa shape index (κ2) is 10.2. The highest BCUT2D eigenvalue weighted by molar-refractivity contribution is 14.0. The number of nitrogens with two attached hydrogens (primary N) is 1. The molecule has 1 aliphatic heterocycles. The van der Waals surface area contributed by atoms with Gasteiger partial charge in [0, 0.05) is 31.2 Å². The molecule has 1 aliphatic carbocycles. The number of rotatable bonds is 5. The van der Waals surface area contributed by atoms with Gasteiger partial charge >= 0.3 is 0 Å². The van der Waals surface area contributed by atoms with E-state index in [4.69, 9.17) is 10.5 Å². The first-order valence-electron chi connectivity index (χ1n) is 8.02. The number of guanidine groups is 1. The van der Waals surface area contributed by atoms with Crippen molar-refractivity contribution in [1.82, 2.24) is 4.90 Å². The fourth-order valence-electron chi connectivity index (χ4n) is 2.98. The van der Waals surface area contributed by atoms with Crippen LogP contribution in [0.25, 0.3) is 0 Å². The quantitative estimate of drug-likeness (QED) is 0.416. The Morgan fingerprint density at radius 3 is 2.52 bits per heavy atom. The number of aliphatic imine (C=N–C) groups is 1. The Morgan fingerprint density at radius 1 is 1.24 bits per heavy atom. The zero-order valence-corrected chi connectivity index (χ0v) is 16.3. The van der Waals surface area contributed by atoms with Crippen molar-refractivity contribution in [2.45, 2.75) is 51.0 Å². The van der Waals surface area contributed by atoms with Crippen LogP contribution < -0.4 is 5.73 Å². The predicted molar refractivity (Wildman–Crippen MR) is 103 cm³/mol. The van der Waals surface area contributed by atoms with E-state index >= 15 is 0 Å². The third-order valence-corrected chi connectivity index (χ3v) is 5.18. The zero-order chi connectivity index (χ0) is 14.3. The Bertz CT molecular complexity index is 316. The van der Waals surface area contributed by atoms with E-state index in [0.29, 0.717) is 0 Å². The van der Waals surface area contributed by atoms with Crippen LogP contribution in [0.5, 0.6) is 0 Å². The average molecular weight is 427 g/mol. The first kappa shape index (κ1) is 19.4. The van der Waals surface area contributed by atoms with E-state index in [-0.39, 0.29) is 29.6 Å². The third kappa shape index (κ3) is 6.14. The van der Waals surface area contributed by atoms with Gasteiger partial charge in [0.15, 0.2) is 5.96 Å². The lowest BCUT2D eigenvalue weighted by Gasteiger charge is -2.36. The summed E-state index contributed by atoms with van der Waals surface area (Å²) in [5, 5.41) is 0. The van der Waals surface area contributed by atoms with Gasteiger partial charge in [-0.25, -0.2) is 0 Å². The molecular formula is C15H30IN3OS. The summed E-state index contributed by atoms with van der Waals surface area (Å²) in [4.78, 5) is 6.90. The Labute approximate surface area is 150 Å². The van der Waals surface area contributed by atoms with Crippen molar-refractivity contribution in [2.24, 2.45) is 10.7 Å². The van der Waals surface area contributed by atoms with Crippen LogP contribution in [0.3, 0.4) is 0 Å². The van der Waals surface area contributed by atoms with E-state index in [1.807, 2.05) is 11.8 Å². The van der Waals surface area contributed by atoms with Gasteiger partial charge in [-0.1, -0.05) is 26.2 Å². The SMILES string of the molecule is CCCOC1(CN=C(N)N2CCSCC2)CCCCC1.I. The lowest BCUT2D eigenvalue weighted by molar-refractivity contribution is -0.0625. The highest BCUT2D eigenvalue weighted by Crippen LogP contribution is 2.32. The molecule has 0 bridgehead atoms. The van der Waals surface area contributed by atoms with Gasteiger partial charge in [-0.3, -0.25) is 4.99 Å². The molecule has 2 fully saturated rings. The fourth-order valence-corrected chi connectivity index (χ4v) is 3.88. The van der Waals surface area contributed by atoms with Gasteiger partial charge < -0.3 is 15.4 Å². The minimum Gasteiger partial charge on any atom is -0.373 e. The molecule has 0 atom stereocenters. The smallest absolute Gasteiger partial charge is 0.191 e. The number of halogens is 1. The highest BCUT2D eigenvalue weighted by atomic mass is 127. The third-order valence-electron chi connectivity index (χ3n) is 4.24. The Morgan fingerprint density at radius 2 is 1.90 bits per heavy atom. The van der Waals surface area contributed by atoms with Crippen molar-refractivity contribution in [1.29, 1.82) is 0 Å². The van der Waals surface area contributed by atoms with Gasteiger partial charge in [0.05, 0.1) is 12.1 Å². The van der Waals surface area contributed by atoms with E-state index in [9.17, 15) is 0 Å². The monoisotopic (exact) mass is 427 g/mol. The highest BCUT2D eigenvalue weighted by Gasteiger charge is 2.32. The minimum absolute atomic E-state index is 0. The molecular weight excluding hydrogens is 397 g/mol. The molecule has 0 aromatic heterocycles. The maximum atomic E-state index is 6.17. The molecule has 0 aromatic carbocycles. The molecule has 2 rings (SSSR count). The van der Waals surface area contributed by atoms with Crippen molar-refractivity contribution in [3.8, 4) is 0 Å². The van der Waals surface area contributed by atoms with E-state index in [1.165, 1.54) is 19.3 Å². The number of hydrogen-bond donors (Lipinski definition) is 1. The Kier molecular flexibility index (Phi) is 9.36. The van der Waals surface area contributed by atoms with E-state index in [0.717, 1.165) is 63.0 Å². The van der Waals surface area contributed by atoms with Crippen LogP contribution in [0, 0.1) is 0 Å². The van der Waals surface area contributed by atoms with Gasteiger partial charge in [-0.05, 0) is 19.3 Å². The van der Waals surface area contributed by atoms with Crippen LogP contribution in [-0.2, 0) is 4.74 Å². The maximum absolute atomic E-state index is 6.17. The molecule has 6 heteroatoms. The van der Waals surface area contributed by atoms with Gasteiger partial charge in [0.1, 0.15) is 0 Å². The molecule has 0 spiro atoms. The van der Waals surface area contributed by atoms with Gasteiger partial charge in [-0.15, -0.1) is 24.0 Å². The van der Waals surface area contributed by atoms with Gasteiger partial charge in [0.25, 0.3) is 0 Å². The van der Waals surface area contributed by atoms with Gasteiger partial charge in [-0.2, -0.15) is 11.8 Å². The summed E-state index contributed by atoms with van der Waals surface area (Å²) in [5.41, 5.74) is 6.13. The molecule has 1 saturated heterocycles. The fraction of sp³-hybridized carbons (Fsp3) is 0.933. The normalized spacial score (nSPS) is 22.7. The molecule has 124 valence electrons. The van der Waals surface area contributed by atoms with Crippen molar-refractivity contribution in [2.75, 3.05) is 37.7 Å². The number of thioether (sulfide) groups is 1. The number of hydrogen-bond acceptors (Lipinski definition) is 3. The molecule has 2 aliphatic rings. The summed E-state index contributed by atoms with van der Waals surface area (Å²) in [6.45, 7) is 5.81. The molecule has 1 saturated carbocycles. The van der Waals surface area contributed by atoms with Crippen LogP contribution >= 0.6 is 35.7 Å². The molecule has 4 nitrogen and oxygen atoms in total. The topological polar surface area (TPSA) is 50.9 Å². The van der Waals surface area contributed by atoms with Crippen molar-refractivity contribution >= 4 is 41.7 Å². The summed E-state index contributed by atoms with van der Waals surface area (Å²) < 4.78 is 6.17. The van der Waals surface area contributed by atoms with Crippen molar-refractivity contribution in [3.63, 3.8) is 0 Å². The molecule has 0 unspecified atom stereocenters. The Hall–Kier alpha value is 0.310. The lowest BCUT2D eigenvalue weighted by Crippen LogP contribution is -2.45. The molecule has 0 aromatic rings. The summed E-state index contributed by atoms with van der Waals surface area (Å²) in [7, 11) is 0.